The first kappa shape index (κ1) is 31.0. The van der Waals surface area contributed by atoms with Gasteiger partial charge in [-0.3, -0.25) is 23.5 Å². The van der Waals surface area contributed by atoms with Crippen LogP contribution in [0, 0.1) is 5.41 Å². The molecule has 216 valence electrons. The highest BCUT2D eigenvalue weighted by atomic mass is 31.1. The van der Waals surface area contributed by atoms with Crippen LogP contribution < -0.4 is 5.32 Å². The number of carboxylic acid groups (broad SMARTS) is 1. The Labute approximate surface area is 234 Å². The third kappa shape index (κ3) is 9.31. The van der Waals surface area contributed by atoms with Crippen molar-refractivity contribution in [3.8, 4) is 0 Å². The minimum atomic E-state index is -3.08. The first-order chi connectivity index (χ1) is 18.9. The second-order valence-electron chi connectivity index (χ2n) is 10.8. The fourth-order valence-corrected chi connectivity index (χ4v) is 5.31. The first-order valence-electron chi connectivity index (χ1n) is 13.3. The third-order valence-electron chi connectivity index (χ3n) is 6.44. The Hall–Kier alpha value is -3.49. The van der Waals surface area contributed by atoms with Gasteiger partial charge < -0.3 is 20.1 Å². The summed E-state index contributed by atoms with van der Waals surface area (Å²) in [6.45, 7) is 5.25. The Balaban J connectivity index is 1.77. The minimum absolute atomic E-state index is 0.0264. The summed E-state index contributed by atoms with van der Waals surface area (Å²) in [4.78, 5) is 51.2. The second kappa shape index (κ2) is 14.2. The maximum atomic E-state index is 13.0. The van der Waals surface area contributed by atoms with Crippen molar-refractivity contribution in [1.29, 1.82) is 0 Å². The highest BCUT2D eigenvalue weighted by Crippen LogP contribution is 2.31. The molecule has 2 aromatic rings. The van der Waals surface area contributed by atoms with E-state index in [9.17, 15) is 28.8 Å². The predicted molar refractivity (Wildman–Crippen MR) is 149 cm³/mol. The largest absolute Gasteiger partial charge is 0.480 e. The lowest BCUT2D eigenvalue weighted by Crippen LogP contribution is -2.42. The zero-order valence-electron chi connectivity index (χ0n) is 23.0. The molecule has 0 aromatic heterocycles. The summed E-state index contributed by atoms with van der Waals surface area (Å²) in [5.41, 5.74) is 0.473. The van der Waals surface area contributed by atoms with E-state index in [2.05, 4.69) is 5.32 Å². The van der Waals surface area contributed by atoms with Crippen LogP contribution in [0.1, 0.15) is 56.0 Å². The summed E-state index contributed by atoms with van der Waals surface area (Å²) >= 11 is 0. The molecule has 1 fully saturated rings. The zero-order valence-corrected chi connectivity index (χ0v) is 24.0. The van der Waals surface area contributed by atoms with E-state index in [1.54, 1.807) is 51.1 Å². The summed E-state index contributed by atoms with van der Waals surface area (Å²) in [7, 11) is -3.08. The van der Waals surface area contributed by atoms with Crippen LogP contribution in [0.4, 0.5) is 0 Å². The number of rotatable bonds is 12. The van der Waals surface area contributed by atoms with Gasteiger partial charge in [0.15, 0.2) is 0 Å². The lowest BCUT2D eigenvalue weighted by atomic mass is 9.97. The highest BCUT2D eigenvalue weighted by molar-refractivity contribution is 7.40. The molecule has 2 unspecified atom stereocenters. The molecule has 1 aliphatic heterocycles. The number of esters is 1. The molecule has 2 amide bonds. The first-order valence-corrected chi connectivity index (χ1v) is 14.8. The number of benzene rings is 2. The van der Waals surface area contributed by atoms with Crippen molar-refractivity contribution in [2.24, 2.45) is 5.41 Å². The maximum Gasteiger partial charge on any atom is 0.326 e. The van der Waals surface area contributed by atoms with Gasteiger partial charge in [-0.25, -0.2) is 4.79 Å². The molecule has 0 spiro atoms. The standard InChI is InChI=1S/C29H37N2O8P/c1-29(2,3)28(36)38-25(39-40(37)19-24(32)31-16-10-15-23(31)27(34)35)18-22(17-20-11-6-4-7-12-20)30-26(33)21-13-8-5-9-14-21/h4-9,11-14,22-23,25,40H,10,15-19H2,1-3H3,(H,30,33)(H,34,35)/t22?,23-,25-/m0/s1. The number of amides is 2. The van der Waals surface area contributed by atoms with Gasteiger partial charge in [-0.2, -0.15) is 0 Å². The number of nitrogens with zero attached hydrogens (tertiary/aromatic N) is 1. The number of likely N-dealkylation sites (tertiary alicyclic amines) is 1. The van der Waals surface area contributed by atoms with Gasteiger partial charge in [0, 0.05) is 24.6 Å². The molecule has 3 rings (SSSR count). The molecule has 4 atom stereocenters. The van der Waals surface area contributed by atoms with Crippen LogP contribution in [0.15, 0.2) is 60.7 Å². The van der Waals surface area contributed by atoms with Crippen LogP contribution in [-0.4, -0.2) is 64.8 Å². The zero-order chi connectivity index (χ0) is 29.3. The lowest BCUT2D eigenvalue weighted by molar-refractivity contribution is -0.174. The average molecular weight is 573 g/mol. The van der Waals surface area contributed by atoms with Crippen LogP contribution in [0.5, 0.6) is 0 Å². The SMILES string of the molecule is CC(C)(C)C(=O)O[C@H](CC(Cc1ccccc1)NC(=O)c1ccccc1)O[PH](=O)CC(=O)N1CCC[C@H]1C(=O)O. The smallest absolute Gasteiger partial charge is 0.326 e. The molecular weight excluding hydrogens is 535 g/mol. The Kier molecular flexibility index (Phi) is 11.0. The molecule has 40 heavy (non-hydrogen) atoms. The van der Waals surface area contributed by atoms with Crippen molar-refractivity contribution in [2.75, 3.05) is 12.7 Å². The molecule has 0 radical (unpaired) electrons. The fourth-order valence-electron chi connectivity index (χ4n) is 4.33. The number of ether oxygens (including phenoxy) is 1. The molecule has 0 saturated carbocycles. The molecule has 1 aliphatic rings. The average Bonchev–Trinajstić information content (AvgIpc) is 3.40. The van der Waals surface area contributed by atoms with Crippen LogP contribution in [0.2, 0.25) is 0 Å². The fraction of sp³-hybridized carbons (Fsp3) is 0.448. The number of aliphatic carboxylic acids is 1. The molecule has 1 heterocycles. The van der Waals surface area contributed by atoms with Gasteiger partial charge in [0.1, 0.15) is 12.2 Å². The predicted octanol–water partition coefficient (Wildman–Crippen LogP) is 3.90. The van der Waals surface area contributed by atoms with Crippen LogP contribution >= 0.6 is 8.03 Å². The van der Waals surface area contributed by atoms with E-state index in [1.165, 1.54) is 4.90 Å². The third-order valence-corrected chi connectivity index (χ3v) is 7.56. The van der Waals surface area contributed by atoms with Crippen LogP contribution in [0.25, 0.3) is 0 Å². The number of carboxylic acids is 1. The summed E-state index contributed by atoms with van der Waals surface area (Å²) in [5.74, 6) is -2.63. The van der Waals surface area contributed by atoms with Gasteiger partial charge in [-0.05, 0) is 57.7 Å². The summed E-state index contributed by atoms with van der Waals surface area (Å²) in [6, 6.07) is 16.5. The van der Waals surface area contributed by atoms with Crippen molar-refractivity contribution in [3.05, 3.63) is 71.8 Å². The molecular formula is C29H37N2O8P. The Morgan fingerprint density at radius 1 is 1.05 bits per heavy atom. The molecule has 11 heteroatoms. The van der Waals surface area contributed by atoms with E-state index in [0.29, 0.717) is 24.8 Å². The van der Waals surface area contributed by atoms with Crippen LogP contribution in [0.3, 0.4) is 0 Å². The minimum Gasteiger partial charge on any atom is -0.480 e. The molecule has 1 saturated heterocycles. The Morgan fingerprint density at radius 3 is 2.27 bits per heavy atom. The second-order valence-corrected chi connectivity index (χ2v) is 12.1. The molecule has 2 aromatic carbocycles. The van der Waals surface area contributed by atoms with E-state index < -0.39 is 55.8 Å². The van der Waals surface area contributed by atoms with Gasteiger partial charge in [0.25, 0.3) is 5.91 Å². The number of hydrogen-bond donors (Lipinski definition) is 2. The molecule has 0 bridgehead atoms. The van der Waals surface area contributed by atoms with Gasteiger partial charge in [-0.15, -0.1) is 0 Å². The van der Waals surface area contributed by atoms with Gasteiger partial charge in [0.05, 0.1) is 5.41 Å². The molecule has 10 nitrogen and oxygen atoms in total. The number of carbonyl (C=O) groups excluding carboxylic acids is 3. The number of hydrogen-bond acceptors (Lipinski definition) is 7. The van der Waals surface area contributed by atoms with E-state index in [0.717, 1.165) is 5.56 Å². The van der Waals surface area contributed by atoms with Gasteiger partial charge >= 0.3 is 11.9 Å². The van der Waals surface area contributed by atoms with Crippen molar-refractivity contribution in [3.63, 3.8) is 0 Å². The van der Waals surface area contributed by atoms with E-state index >= 15 is 0 Å². The Morgan fingerprint density at radius 2 is 1.68 bits per heavy atom. The summed E-state index contributed by atoms with van der Waals surface area (Å²) < 4.78 is 24.3. The summed E-state index contributed by atoms with van der Waals surface area (Å²) in [6.07, 6.45) is -0.612. The number of nitrogens with one attached hydrogen (secondary N) is 1. The summed E-state index contributed by atoms with van der Waals surface area (Å²) in [5, 5.41) is 12.3. The Bertz CT molecular complexity index is 1200. The highest BCUT2D eigenvalue weighted by Gasteiger charge is 2.35. The van der Waals surface area contributed by atoms with Crippen molar-refractivity contribution in [2.45, 2.75) is 64.8 Å². The van der Waals surface area contributed by atoms with E-state index in [-0.39, 0.29) is 18.9 Å². The van der Waals surface area contributed by atoms with E-state index in [4.69, 9.17) is 9.26 Å². The molecule has 2 N–H and O–H groups in total. The van der Waals surface area contributed by atoms with Gasteiger partial charge in [-0.1, -0.05) is 48.5 Å². The van der Waals surface area contributed by atoms with Crippen molar-refractivity contribution < 1.29 is 38.1 Å². The van der Waals surface area contributed by atoms with E-state index in [1.807, 2.05) is 30.3 Å². The topological polar surface area (TPSA) is 139 Å². The van der Waals surface area contributed by atoms with Crippen molar-refractivity contribution >= 4 is 31.8 Å². The van der Waals surface area contributed by atoms with Crippen LogP contribution in [-0.2, 0) is 34.6 Å². The maximum absolute atomic E-state index is 13.0. The van der Waals surface area contributed by atoms with Gasteiger partial charge in [0.2, 0.25) is 20.2 Å². The monoisotopic (exact) mass is 572 g/mol. The lowest BCUT2D eigenvalue weighted by Gasteiger charge is -2.27. The van der Waals surface area contributed by atoms with Crippen molar-refractivity contribution in [1.82, 2.24) is 10.2 Å². The molecule has 0 aliphatic carbocycles. The normalized spacial score (nSPS) is 17.5. The number of carbonyl (C=O) groups is 4. The quantitative estimate of drug-likeness (QED) is 0.222.